The normalized spacial score (nSPS) is 31.3. The third-order valence-electron chi connectivity index (χ3n) is 7.16. The van der Waals surface area contributed by atoms with E-state index < -0.39 is 97.1 Å². The average molecular weight is 741 g/mol. The topological polar surface area (TPSA) is 358 Å². The summed E-state index contributed by atoms with van der Waals surface area (Å²) in [5.41, 5.74) is 11.3. The number of primary amides is 1. The van der Waals surface area contributed by atoms with Crippen LogP contribution in [0.4, 0.5) is 5.82 Å². The summed E-state index contributed by atoms with van der Waals surface area (Å²) >= 11 is 0. The van der Waals surface area contributed by atoms with Crippen molar-refractivity contribution in [2.24, 2.45) is 5.73 Å². The molecule has 0 spiro atoms. The number of imidazole rings is 1. The van der Waals surface area contributed by atoms with Gasteiger partial charge in [0, 0.05) is 6.07 Å². The summed E-state index contributed by atoms with van der Waals surface area (Å²) in [7, 11) is -16.4. The summed E-state index contributed by atoms with van der Waals surface area (Å²) in [5, 5.41) is 41.6. The summed E-state index contributed by atoms with van der Waals surface area (Å²) in [6.45, 7) is -1.96. The predicted molar refractivity (Wildman–Crippen MR) is 152 cm³/mol. The minimum absolute atomic E-state index is 0.0250. The minimum atomic E-state index is -5.75. The molecule has 2 fully saturated rings. The van der Waals surface area contributed by atoms with Gasteiger partial charge >= 0.3 is 15.2 Å². The molecular weight excluding hydrogens is 711 g/mol. The molecule has 2 aliphatic heterocycles. The van der Waals surface area contributed by atoms with Gasteiger partial charge in [0.15, 0.2) is 42.1 Å². The quantitative estimate of drug-likeness (QED) is 0.0624. The Morgan fingerprint density at radius 1 is 0.979 bits per heavy atom. The lowest BCUT2D eigenvalue weighted by Crippen LogP contribution is -2.46. The molecular formula is C22H30N7O16P3. The van der Waals surface area contributed by atoms with Crippen molar-refractivity contribution in [2.45, 2.75) is 49.1 Å². The molecule has 0 aromatic carbocycles. The smallest absolute Gasteiger partial charge is 0.346 e. The molecule has 3 unspecified atom stereocenters. The molecule has 3 aromatic rings. The SMILES string of the molecule is NC(=O)c1ccc[n+]([C@@H]2O[C@H](COP(=O)([O-])OP(=O)(O)CP(=O)(O)OC[C@H]3O[C@@H](n4cnc5c(N)ncnc54)[C@H](O)[C@@H]3O)[C@@H](O)[C@H]2O)c1. The summed E-state index contributed by atoms with van der Waals surface area (Å²) in [6, 6.07) is 2.77. The number of pyridine rings is 1. The number of amides is 1. The van der Waals surface area contributed by atoms with Gasteiger partial charge in [0.1, 0.15) is 47.9 Å². The molecule has 11 atom stereocenters. The number of aliphatic hydroxyl groups is 4. The molecule has 0 bridgehead atoms. The first-order valence-electron chi connectivity index (χ1n) is 13.6. The van der Waals surface area contributed by atoms with Gasteiger partial charge in [-0.1, -0.05) is 0 Å². The number of nitrogens with zero attached hydrogens (tertiary/aromatic N) is 5. The van der Waals surface area contributed by atoms with Crippen LogP contribution in [-0.2, 0) is 36.5 Å². The van der Waals surface area contributed by atoms with Crippen LogP contribution >= 0.6 is 23.0 Å². The molecule has 10 N–H and O–H groups in total. The molecule has 2 aliphatic rings. The van der Waals surface area contributed by atoms with E-state index >= 15 is 0 Å². The van der Waals surface area contributed by atoms with Crippen LogP contribution < -0.4 is 20.9 Å². The number of anilines is 1. The van der Waals surface area contributed by atoms with Crippen molar-refractivity contribution in [1.29, 1.82) is 0 Å². The number of phosphoric acid groups is 1. The number of phosphoric ester groups is 1. The fourth-order valence-corrected chi connectivity index (χ4v) is 9.84. The van der Waals surface area contributed by atoms with Crippen LogP contribution in [0.2, 0.25) is 0 Å². The highest BCUT2D eigenvalue weighted by atomic mass is 31.3. The van der Waals surface area contributed by atoms with Gasteiger partial charge in [0.2, 0.25) is 0 Å². The van der Waals surface area contributed by atoms with Crippen molar-refractivity contribution in [3.05, 3.63) is 42.7 Å². The number of ether oxygens (including phenoxy) is 2. The highest BCUT2D eigenvalue weighted by Gasteiger charge is 2.49. The summed E-state index contributed by atoms with van der Waals surface area (Å²) in [5.74, 6) is -2.54. The minimum Gasteiger partial charge on any atom is -0.756 e. The predicted octanol–water partition coefficient (Wildman–Crippen LogP) is -3.42. The molecule has 5 rings (SSSR count). The maximum atomic E-state index is 12.6. The van der Waals surface area contributed by atoms with E-state index in [1.54, 1.807) is 0 Å². The molecule has 0 saturated carbocycles. The van der Waals surface area contributed by atoms with E-state index in [2.05, 4.69) is 23.8 Å². The number of rotatable bonds is 13. The van der Waals surface area contributed by atoms with Gasteiger partial charge < -0.3 is 65.1 Å². The first-order valence-corrected chi connectivity index (χ1v) is 18.6. The summed E-state index contributed by atoms with van der Waals surface area (Å²) in [4.78, 5) is 55.8. The lowest BCUT2D eigenvalue weighted by atomic mass is 10.1. The zero-order valence-electron chi connectivity index (χ0n) is 24.2. The third-order valence-corrected chi connectivity index (χ3v) is 12.9. The molecule has 264 valence electrons. The van der Waals surface area contributed by atoms with E-state index in [1.807, 2.05) is 0 Å². The van der Waals surface area contributed by atoms with Crippen LogP contribution in [0.3, 0.4) is 0 Å². The van der Waals surface area contributed by atoms with Crippen LogP contribution in [-0.4, -0.2) is 111 Å². The van der Waals surface area contributed by atoms with Gasteiger partial charge in [-0.2, -0.15) is 4.57 Å². The molecule has 1 amide bonds. The van der Waals surface area contributed by atoms with E-state index in [1.165, 1.54) is 40.0 Å². The second-order valence-corrected chi connectivity index (χ2v) is 16.4. The Bertz CT molecular complexity index is 1820. The Hall–Kier alpha value is -2.82. The number of hydrogen-bond donors (Lipinski definition) is 8. The van der Waals surface area contributed by atoms with Crippen molar-refractivity contribution in [3.63, 3.8) is 0 Å². The standard InChI is InChI=1S/C22H30N7O16P3/c23-18-13-20(26-7-25-18)29(8-27-13)22-17(33)15(31)11(44-22)5-41-46(35,36)9-47(37,38)45-48(39,40)42-6-12-14(30)16(32)21(43-12)28-3-1-2-10(4-28)19(24)34/h1-4,7-8,11-12,14-17,21-22,30-33H,5-6,9H2,(H6-,23,24,25,26,34,35,36,37,38,39,40)/t11-,12-,14-,15-,16-,17-,21-,22-/m1/s1. The Balaban J connectivity index is 1.14. The Kier molecular flexibility index (Phi) is 10.5. The second kappa shape index (κ2) is 13.8. The fourth-order valence-electron chi connectivity index (χ4n) is 4.89. The van der Waals surface area contributed by atoms with E-state index in [0.29, 0.717) is 0 Å². The second-order valence-electron chi connectivity index (χ2n) is 10.6. The van der Waals surface area contributed by atoms with Crippen LogP contribution in [0.25, 0.3) is 11.2 Å². The maximum Gasteiger partial charge on any atom is 0.346 e. The van der Waals surface area contributed by atoms with Crippen molar-refractivity contribution in [1.82, 2.24) is 19.5 Å². The summed E-state index contributed by atoms with van der Waals surface area (Å²) < 4.78 is 64.3. The zero-order valence-corrected chi connectivity index (χ0v) is 26.9. The molecule has 48 heavy (non-hydrogen) atoms. The largest absolute Gasteiger partial charge is 0.756 e. The number of carbonyl (C=O) groups excluding carboxylic acids is 1. The molecule has 5 heterocycles. The van der Waals surface area contributed by atoms with Crippen LogP contribution in [0.1, 0.15) is 22.8 Å². The van der Waals surface area contributed by atoms with Gasteiger partial charge in [-0.3, -0.25) is 23.1 Å². The zero-order chi connectivity index (χ0) is 35.2. The lowest BCUT2D eigenvalue weighted by molar-refractivity contribution is -0.765. The van der Waals surface area contributed by atoms with E-state index in [0.717, 1.165) is 6.33 Å². The fraction of sp³-hybridized carbons (Fsp3) is 0.500. The summed E-state index contributed by atoms with van der Waals surface area (Å²) in [6.07, 6.45) is -7.47. The molecule has 23 nitrogen and oxygen atoms in total. The van der Waals surface area contributed by atoms with Crippen molar-refractivity contribution >= 4 is 45.9 Å². The molecule has 0 aliphatic carbocycles. The number of nitrogens with two attached hydrogens (primary N) is 2. The lowest BCUT2D eigenvalue weighted by Gasteiger charge is -2.27. The maximum absolute atomic E-state index is 12.6. The molecule has 0 radical (unpaired) electrons. The number of nitrogen functional groups attached to an aromatic ring is 1. The first kappa shape index (κ1) is 36.5. The molecule has 2 saturated heterocycles. The monoisotopic (exact) mass is 741 g/mol. The van der Waals surface area contributed by atoms with E-state index in [4.69, 9.17) is 25.5 Å². The number of aromatic nitrogens is 5. The van der Waals surface area contributed by atoms with Gasteiger partial charge in [-0.05, 0) is 6.07 Å². The van der Waals surface area contributed by atoms with Gasteiger partial charge in [-0.25, -0.2) is 19.3 Å². The van der Waals surface area contributed by atoms with E-state index in [-0.39, 0.29) is 22.5 Å². The van der Waals surface area contributed by atoms with Crippen LogP contribution in [0.15, 0.2) is 37.2 Å². The van der Waals surface area contributed by atoms with Crippen molar-refractivity contribution < 1.29 is 81.0 Å². The average Bonchev–Trinajstić information content (AvgIpc) is 3.64. The van der Waals surface area contributed by atoms with Gasteiger partial charge in [0.05, 0.1) is 19.5 Å². The van der Waals surface area contributed by atoms with Gasteiger partial charge in [-0.15, -0.1) is 0 Å². The highest BCUT2D eigenvalue weighted by Crippen LogP contribution is 2.65. The number of aliphatic hydroxyl groups excluding tert-OH is 4. The van der Waals surface area contributed by atoms with Crippen LogP contribution in [0.5, 0.6) is 0 Å². The van der Waals surface area contributed by atoms with Crippen LogP contribution in [0, 0.1) is 0 Å². The Labute approximate surface area is 268 Å². The third kappa shape index (κ3) is 7.97. The van der Waals surface area contributed by atoms with E-state index in [9.17, 15) is 53.6 Å². The molecule has 26 heteroatoms. The number of hydrogen-bond acceptors (Lipinski definition) is 18. The van der Waals surface area contributed by atoms with Gasteiger partial charge in [0.25, 0.3) is 20.0 Å². The molecule has 3 aromatic heterocycles. The first-order chi connectivity index (χ1) is 22.4. The number of carbonyl (C=O) groups is 1. The Morgan fingerprint density at radius 2 is 1.65 bits per heavy atom. The Morgan fingerprint density at radius 3 is 2.35 bits per heavy atom. The highest BCUT2D eigenvalue weighted by molar-refractivity contribution is 7.73. The van der Waals surface area contributed by atoms with Crippen molar-refractivity contribution in [3.8, 4) is 0 Å². The van der Waals surface area contributed by atoms with Crippen molar-refractivity contribution in [2.75, 3.05) is 24.9 Å². The number of fused-ring (bicyclic) bond motifs is 1.